The lowest BCUT2D eigenvalue weighted by Gasteiger charge is -2.11. The van der Waals surface area contributed by atoms with Gasteiger partial charge in [0.1, 0.15) is 0 Å². The monoisotopic (exact) mass is 279 g/mol. The van der Waals surface area contributed by atoms with E-state index in [2.05, 4.69) is 5.32 Å². The summed E-state index contributed by atoms with van der Waals surface area (Å²) in [5.74, 6) is 0.151. The van der Waals surface area contributed by atoms with E-state index < -0.39 is 15.9 Å². The van der Waals surface area contributed by atoms with Crippen molar-refractivity contribution in [1.82, 2.24) is 5.32 Å². The van der Waals surface area contributed by atoms with Gasteiger partial charge in [0.15, 0.2) is 9.84 Å². The van der Waals surface area contributed by atoms with E-state index in [1.54, 1.807) is 0 Å². The molecule has 1 aliphatic rings. The third-order valence-corrected chi connectivity index (χ3v) is 4.61. The number of ether oxygens (including phenoxy) is 1. The summed E-state index contributed by atoms with van der Waals surface area (Å²) in [4.78, 5) is 11.3. The van der Waals surface area contributed by atoms with E-state index in [0.29, 0.717) is 13.0 Å². The van der Waals surface area contributed by atoms with Crippen molar-refractivity contribution in [3.8, 4) is 0 Å². The predicted octanol–water partition coefficient (Wildman–Crippen LogP) is 0.452. The summed E-state index contributed by atoms with van der Waals surface area (Å²) < 4.78 is 27.3. The second kappa shape index (κ2) is 7.58. The molecule has 6 nitrogen and oxygen atoms in total. The summed E-state index contributed by atoms with van der Waals surface area (Å²) in [6.45, 7) is 0.522. The second-order valence-electron chi connectivity index (χ2n) is 4.52. The highest BCUT2D eigenvalue weighted by molar-refractivity contribution is 7.91. The average molecular weight is 279 g/mol. The van der Waals surface area contributed by atoms with Crippen LogP contribution in [0.2, 0.25) is 0 Å². The molecular weight excluding hydrogens is 258 g/mol. The Bertz CT molecular complexity index is 354. The Morgan fingerprint density at radius 1 is 1.28 bits per heavy atom. The molecule has 1 atom stereocenters. The molecule has 1 rings (SSSR count). The Labute approximate surface area is 108 Å². The molecule has 1 fully saturated rings. The van der Waals surface area contributed by atoms with Gasteiger partial charge in [-0.2, -0.15) is 0 Å². The minimum atomic E-state index is -2.97. The first kappa shape index (κ1) is 15.2. The highest BCUT2D eigenvalue weighted by atomic mass is 32.2. The maximum atomic E-state index is 11.3. The SMILES string of the molecule is O=C(NC1CCS(=O)(=O)C1)OCCCCCCO. The second-order valence-corrected chi connectivity index (χ2v) is 6.75. The molecule has 0 aromatic heterocycles. The summed E-state index contributed by atoms with van der Waals surface area (Å²) in [5, 5.41) is 11.1. The van der Waals surface area contributed by atoms with Crippen LogP contribution in [-0.2, 0) is 14.6 Å². The van der Waals surface area contributed by atoms with Crippen molar-refractivity contribution in [1.29, 1.82) is 0 Å². The fourth-order valence-electron chi connectivity index (χ4n) is 1.85. The molecule has 0 saturated carbocycles. The van der Waals surface area contributed by atoms with Crippen molar-refractivity contribution in [3.63, 3.8) is 0 Å². The Hall–Kier alpha value is -0.820. The molecular formula is C11H21NO5S. The molecule has 1 heterocycles. The number of sulfone groups is 1. The maximum Gasteiger partial charge on any atom is 0.407 e. The van der Waals surface area contributed by atoms with Crippen LogP contribution in [0.15, 0.2) is 0 Å². The first-order chi connectivity index (χ1) is 8.53. The lowest BCUT2D eigenvalue weighted by atomic mass is 10.2. The topological polar surface area (TPSA) is 92.7 Å². The fourth-order valence-corrected chi connectivity index (χ4v) is 3.52. The number of unbranched alkanes of at least 4 members (excludes halogenated alkanes) is 3. The first-order valence-corrected chi connectivity index (χ1v) is 8.10. The summed E-state index contributed by atoms with van der Waals surface area (Å²) in [5.41, 5.74) is 0. The van der Waals surface area contributed by atoms with Gasteiger partial charge in [-0.1, -0.05) is 6.42 Å². The standard InChI is InChI=1S/C11H21NO5S/c13-6-3-1-2-4-7-17-11(14)12-10-5-8-18(15,16)9-10/h10,13H,1-9H2,(H,12,14). The zero-order valence-corrected chi connectivity index (χ0v) is 11.2. The van der Waals surface area contributed by atoms with Gasteiger partial charge in [0.2, 0.25) is 0 Å². The van der Waals surface area contributed by atoms with Gasteiger partial charge in [-0.05, 0) is 25.7 Å². The van der Waals surface area contributed by atoms with Gasteiger partial charge in [0.25, 0.3) is 0 Å². The van der Waals surface area contributed by atoms with Gasteiger partial charge in [0.05, 0.1) is 18.1 Å². The van der Waals surface area contributed by atoms with Gasteiger partial charge in [-0.15, -0.1) is 0 Å². The molecule has 0 aromatic rings. The lowest BCUT2D eigenvalue weighted by molar-refractivity contribution is 0.140. The summed E-state index contributed by atoms with van der Waals surface area (Å²) in [6.07, 6.45) is 3.28. The maximum absolute atomic E-state index is 11.3. The van der Waals surface area contributed by atoms with Crippen LogP contribution in [-0.4, -0.2) is 50.4 Å². The summed E-state index contributed by atoms with van der Waals surface area (Å²) >= 11 is 0. The minimum Gasteiger partial charge on any atom is -0.450 e. The quantitative estimate of drug-likeness (QED) is 0.660. The molecule has 0 spiro atoms. The number of hydrogen-bond donors (Lipinski definition) is 2. The normalized spacial score (nSPS) is 21.7. The summed E-state index contributed by atoms with van der Waals surface area (Å²) in [6, 6.07) is -0.308. The molecule has 1 unspecified atom stereocenters. The van der Waals surface area contributed by atoms with Crippen LogP contribution in [0.4, 0.5) is 4.79 Å². The number of amides is 1. The largest absolute Gasteiger partial charge is 0.450 e. The van der Waals surface area contributed by atoms with E-state index in [1.807, 2.05) is 0 Å². The Morgan fingerprint density at radius 2 is 2.00 bits per heavy atom. The molecule has 7 heteroatoms. The van der Waals surface area contributed by atoms with Crippen LogP contribution in [0.1, 0.15) is 32.1 Å². The van der Waals surface area contributed by atoms with Crippen LogP contribution in [0.25, 0.3) is 0 Å². The van der Waals surface area contributed by atoms with E-state index in [-0.39, 0.29) is 24.2 Å². The van der Waals surface area contributed by atoms with Crippen LogP contribution >= 0.6 is 0 Å². The number of carbonyl (C=O) groups is 1. The van der Waals surface area contributed by atoms with Crippen molar-refractivity contribution in [3.05, 3.63) is 0 Å². The number of aliphatic hydroxyl groups excluding tert-OH is 1. The van der Waals surface area contributed by atoms with Crippen molar-refractivity contribution < 1.29 is 23.1 Å². The molecule has 2 N–H and O–H groups in total. The van der Waals surface area contributed by atoms with E-state index in [0.717, 1.165) is 25.7 Å². The van der Waals surface area contributed by atoms with Crippen LogP contribution in [0.3, 0.4) is 0 Å². The highest BCUT2D eigenvalue weighted by Crippen LogP contribution is 2.11. The Kier molecular flexibility index (Phi) is 6.42. The van der Waals surface area contributed by atoms with E-state index in [1.165, 1.54) is 0 Å². The van der Waals surface area contributed by atoms with Crippen molar-refractivity contribution in [2.45, 2.75) is 38.1 Å². The third-order valence-electron chi connectivity index (χ3n) is 2.84. The lowest BCUT2D eigenvalue weighted by Crippen LogP contribution is -2.36. The summed E-state index contributed by atoms with van der Waals surface area (Å²) in [7, 11) is -2.97. The average Bonchev–Trinajstić information content (AvgIpc) is 2.63. The zero-order chi connectivity index (χ0) is 13.4. The molecule has 0 radical (unpaired) electrons. The van der Waals surface area contributed by atoms with Gasteiger partial charge >= 0.3 is 6.09 Å². The van der Waals surface area contributed by atoms with Crippen LogP contribution in [0.5, 0.6) is 0 Å². The van der Waals surface area contributed by atoms with Crippen LogP contribution < -0.4 is 5.32 Å². The van der Waals surface area contributed by atoms with E-state index in [9.17, 15) is 13.2 Å². The van der Waals surface area contributed by atoms with E-state index >= 15 is 0 Å². The number of alkyl carbamates (subject to hydrolysis) is 1. The number of aliphatic hydroxyl groups is 1. The zero-order valence-electron chi connectivity index (χ0n) is 10.4. The molecule has 1 aliphatic heterocycles. The van der Waals surface area contributed by atoms with Crippen molar-refractivity contribution >= 4 is 15.9 Å². The van der Waals surface area contributed by atoms with Gasteiger partial charge in [-0.3, -0.25) is 0 Å². The highest BCUT2D eigenvalue weighted by Gasteiger charge is 2.29. The van der Waals surface area contributed by atoms with Crippen molar-refractivity contribution in [2.75, 3.05) is 24.7 Å². The molecule has 18 heavy (non-hydrogen) atoms. The van der Waals surface area contributed by atoms with Gasteiger partial charge in [-0.25, -0.2) is 13.2 Å². The van der Waals surface area contributed by atoms with Gasteiger partial charge in [0, 0.05) is 12.6 Å². The minimum absolute atomic E-state index is 0.0125. The number of hydrogen-bond acceptors (Lipinski definition) is 5. The van der Waals surface area contributed by atoms with E-state index in [4.69, 9.17) is 9.84 Å². The smallest absolute Gasteiger partial charge is 0.407 e. The van der Waals surface area contributed by atoms with Crippen molar-refractivity contribution in [2.24, 2.45) is 0 Å². The molecule has 0 aromatic carbocycles. The number of carbonyl (C=O) groups excluding carboxylic acids is 1. The molecule has 0 bridgehead atoms. The first-order valence-electron chi connectivity index (χ1n) is 6.28. The molecule has 1 saturated heterocycles. The molecule has 106 valence electrons. The number of rotatable bonds is 7. The fraction of sp³-hybridized carbons (Fsp3) is 0.909. The molecule has 1 amide bonds. The molecule has 0 aliphatic carbocycles. The third kappa shape index (κ3) is 6.20. The number of nitrogens with one attached hydrogen (secondary N) is 1. The predicted molar refractivity (Wildman–Crippen MR) is 67.1 cm³/mol. The van der Waals surface area contributed by atoms with Crippen LogP contribution in [0, 0.1) is 0 Å². The van der Waals surface area contributed by atoms with Gasteiger partial charge < -0.3 is 15.2 Å². The Morgan fingerprint density at radius 3 is 2.61 bits per heavy atom. The Balaban J connectivity index is 2.04.